The highest BCUT2D eigenvalue weighted by atomic mass is 15.1. The summed E-state index contributed by atoms with van der Waals surface area (Å²) in [5, 5.41) is 2.27. The van der Waals surface area contributed by atoms with Gasteiger partial charge in [0.1, 0.15) is 11.0 Å². The van der Waals surface area contributed by atoms with E-state index >= 15 is 0 Å². The second-order valence-corrected chi connectivity index (χ2v) is 10.9. The average molecular weight is 564 g/mol. The molecule has 0 spiro atoms. The number of nitrogens with zero attached hydrogens (tertiary/aromatic N) is 5. The highest BCUT2D eigenvalue weighted by Crippen LogP contribution is 2.40. The van der Waals surface area contributed by atoms with Crippen molar-refractivity contribution in [2.24, 2.45) is 0 Å². The number of aromatic nitrogens is 4. The van der Waals surface area contributed by atoms with Gasteiger partial charge >= 0.3 is 0 Å². The zero-order chi connectivity index (χ0) is 29.0. The monoisotopic (exact) mass is 563 g/mol. The molecule has 9 rings (SSSR count). The lowest BCUT2D eigenvalue weighted by Gasteiger charge is -2.26. The maximum atomic E-state index is 5.22. The molecule has 0 atom stereocenters. The molecule has 0 saturated carbocycles. The zero-order valence-electron chi connectivity index (χ0n) is 23.7. The van der Waals surface area contributed by atoms with Gasteiger partial charge in [0.15, 0.2) is 5.82 Å². The van der Waals surface area contributed by atoms with Crippen molar-refractivity contribution in [1.82, 2.24) is 19.4 Å². The summed E-state index contributed by atoms with van der Waals surface area (Å²) in [6, 6.07) is 50.5. The van der Waals surface area contributed by atoms with Crippen molar-refractivity contribution in [1.29, 1.82) is 0 Å². The van der Waals surface area contributed by atoms with Crippen LogP contribution in [0.2, 0.25) is 0 Å². The molecule has 9 aromatic rings. The van der Waals surface area contributed by atoms with Crippen molar-refractivity contribution in [3.63, 3.8) is 0 Å². The summed E-state index contributed by atoms with van der Waals surface area (Å²) < 4.78 is 2.31. The number of hydrogen-bond donors (Lipinski definition) is 0. The van der Waals surface area contributed by atoms with Crippen LogP contribution in [0, 0.1) is 0 Å². The molecule has 5 nitrogen and oxygen atoms in total. The van der Waals surface area contributed by atoms with Gasteiger partial charge in [0.05, 0.1) is 22.2 Å². The minimum atomic E-state index is 0.712. The number of fused-ring (bicyclic) bond motifs is 6. The number of rotatable bonds is 5. The van der Waals surface area contributed by atoms with Crippen LogP contribution in [0.1, 0.15) is 0 Å². The molecule has 0 radical (unpaired) electrons. The highest BCUT2D eigenvalue weighted by Gasteiger charge is 2.21. The maximum absolute atomic E-state index is 5.22. The van der Waals surface area contributed by atoms with Gasteiger partial charge in [-0.05, 0) is 60.7 Å². The van der Waals surface area contributed by atoms with Gasteiger partial charge in [0.25, 0.3) is 0 Å². The fourth-order valence-electron chi connectivity index (χ4n) is 6.43. The Bertz CT molecular complexity index is 2360. The lowest BCUT2D eigenvalue weighted by atomic mass is 10.1. The summed E-state index contributed by atoms with van der Waals surface area (Å²) in [6.45, 7) is 0. The minimum Gasteiger partial charge on any atom is -0.310 e. The summed E-state index contributed by atoms with van der Waals surface area (Å²) in [5.41, 5.74) is 11.4. The van der Waals surface area contributed by atoms with Crippen molar-refractivity contribution in [2.75, 3.05) is 4.90 Å². The summed E-state index contributed by atoms with van der Waals surface area (Å²) in [5.74, 6) is 0.712. The molecule has 0 aliphatic carbocycles. The van der Waals surface area contributed by atoms with Gasteiger partial charge in [-0.15, -0.1) is 0 Å². The normalized spacial score (nSPS) is 11.6. The average Bonchev–Trinajstić information content (AvgIpc) is 3.61. The van der Waals surface area contributed by atoms with Crippen LogP contribution in [0.3, 0.4) is 0 Å². The Balaban J connectivity index is 1.25. The number of pyridine rings is 1. The number of para-hydroxylation sites is 3. The van der Waals surface area contributed by atoms with Gasteiger partial charge in [-0.25, -0.2) is 9.97 Å². The highest BCUT2D eigenvalue weighted by molar-refractivity contribution is 6.21. The van der Waals surface area contributed by atoms with E-state index in [4.69, 9.17) is 9.97 Å². The second-order valence-electron chi connectivity index (χ2n) is 10.9. The van der Waals surface area contributed by atoms with E-state index in [-0.39, 0.29) is 0 Å². The fraction of sp³-hybridized carbons (Fsp3) is 0. The Kier molecular flexibility index (Phi) is 5.43. The van der Waals surface area contributed by atoms with Crippen LogP contribution in [-0.4, -0.2) is 19.4 Å². The molecule has 44 heavy (non-hydrogen) atoms. The maximum Gasteiger partial charge on any atom is 0.160 e. The van der Waals surface area contributed by atoms with Gasteiger partial charge in [0, 0.05) is 45.2 Å². The van der Waals surface area contributed by atoms with Crippen LogP contribution < -0.4 is 4.90 Å². The van der Waals surface area contributed by atoms with Crippen LogP contribution in [-0.2, 0) is 0 Å². The van der Waals surface area contributed by atoms with Crippen LogP contribution >= 0.6 is 0 Å². The molecule has 0 unspecified atom stereocenters. The predicted octanol–water partition coefficient (Wildman–Crippen LogP) is 9.83. The zero-order valence-corrected chi connectivity index (χ0v) is 23.7. The van der Waals surface area contributed by atoms with Crippen molar-refractivity contribution in [2.45, 2.75) is 0 Å². The van der Waals surface area contributed by atoms with Gasteiger partial charge in [-0.2, -0.15) is 0 Å². The van der Waals surface area contributed by atoms with Crippen LogP contribution in [0.5, 0.6) is 0 Å². The second kappa shape index (κ2) is 9.75. The molecule has 0 aliphatic heterocycles. The molecule has 0 N–H and O–H groups in total. The topological polar surface area (TPSA) is 46.3 Å². The van der Waals surface area contributed by atoms with Crippen molar-refractivity contribution in [3.05, 3.63) is 152 Å². The summed E-state index contributed by atoms with van der Waals surface area (Å²) in [7, 11) is 0. The molecule has 0 amide bonds. The first-order valence-corrected chi connectivity index (χ1v) is 14.7. The molecule has 0 fully saturated rings. The first-order valence-electron chi connectivity index (χ1n) is 14.7. The molecule has 0 saturated heterocycles. The van der Waals surface area contributed by atoms with Gasteiger partial charge in [-0.1, -0.05) is 84.9 Å². The molecule has 5 aromatic carbocycles. The minimum absolute atomic E-state index is 0.712. The van der Waals surface area contributed by atoms with E-state index in [1.165, 1.54) is 0 Å². The quantitative estimate of drug-likeness (QED) is 0.209. The molecule has 0 bridgehead atoms. The van der Waals surface area contributed by atoms with Crippen molar-refractivity contribution < 1.29 is 0 Å². The lowest BCUT2D eigenvalue weighted by molar-refractivity contribution is 1.24. The molecular formula is C39H25N5. The molecule has 4 aromatic heterocycles. The Morgan fingerprint density at radius 2 is 1.05 bits per heavy atom. The summed E-state index contributed by atoms with van der Waals surface area (Å²) in [6.07, 6.45) is 1.83. The SMILES string of the molecule is c1ccc(N(c2cccc(-c3ccccn3)c2)c2cccc(-c3nc4c5ccccc5n5c6ccccc6c(n3)c45)c2)cc1. The van der Waals surface area contributed by atoms with Crippen LogP contribution in [0.4, 0.5) is 17.1 Å². The Hall–Kier alpha value is -6.07. The van der Waals surface area contributed by atoms with Crippen molar-refractivity contribution >= 4 is 55.4 Å². The van der Waals surface area contributed by atoms with E-state index in [2.05, 4.69) is 136 Å². The lowest BCUT2D eigenvalue weighted by Crippen LogP contribution is -2.10. The van der Waals surface area contributed by atoms with E-state index in [0.717, 1.165) is 72.2 Å². The smallest absolute Gasteiger partial charge is 0.160 e. The van der Waals surface area contributed by atoms with E-state index in [0.29, 0.717) is 5.82 Å². The largest absolute Gasteiger partial charge is 0.310 e. The molecule has 5 heteroatoms. The predicted molar refractivity (Wildman–Crippen MR) is 180 cm³/mol. The first kappa shape index (κ1) is 24.5. The van der Waals surface area contributed by atoms with E-state index in [1.807, 2.05) is 30.5 Å². The van der Waals surface area contributed by atoms with Gasteiger partial charge in [0.2, 0.25) is 0 Å². The number of hydrogen-bond acceptors (Lipinski definition) is 4. The van der Waals surface area contributed by atoms with Crippen LogP contribution in [0.15, 0.2) is 152 Å². The third-order valence-electron chi connectivity index (χ3n) is 8.35. The van der Waals surface area contributed by atoms with Gasteiger partial charge < -0.3 is 9.30 Å². The number of benzene rings is 5. The summed E-state index contributed by atoms with van der Waals surface area (Å²) >= 11 is 0. The molecule has 0 aliphatic rings. The van der Waals surface area contributed by atoms with E-state index in [1.54, 1.807) is 0 Å². The molecule has 4 heterocycles. The van der Waals surface area contributed by atoms with Crippen LogP contribution in [0.25, 0.3) is 61.0 Å². The van der Waals surface area contributed by atoms with E-state index in [9.17, 15) is 0 Å². The van der Waals surface area contributed by atoms with Gasteiger partial charge in [-0.3, -0.25) is 4.98 Å². The van der Waals surface area contributed by atoms with Crippen molar-refractivity contribution in [3.8, 4) is 22.6 Å². The Morgan fingerprint density at radius 3 is 1.70 bits per heavy atom. The Labute approximate surface area is 253 Å². The Morgan fingerprint density at radius 1 is 0.477 bits per heavy atom. The molecule has 206 valence electrons. The molecular weight excluding hydrogens is 538 g/mol. The number of anilines is 3. The third kappa shape index (κ3) is 3.76. The fourth-order valence-corrected chi connectivity index (χ4v) is 6.43. The summed E-state index contributed by atoms with van der Waals surface area (Å²) in [4.78, 5) is 17.3. The first-order chi connectivity index (χ1) is 21.8. The third-order valence-corrected chi connectivity index (χ3v) is 8.35. The standard InChI is InChI=1S/C39H25N5/c1-2-14-28(15-3-1)43(29-16-10-12-26(24-29)33-20-8-9-23-40-33)30-17-11-13-27(25-30)39-41-36-31-18-4-6-21-34(31)44-35-22-7-5-19-32(35)37(42-39)38(36)44/h1-25H. The van der Waals surface area contributed by atoms with E-state index < -0.39 is 0 Å².